The highest BCUT2D eigenvalue weighted by molar-refractivity contribution is 5.35. The van der Waals surface area contributed by atoms with Crippen LogP contribution in [0.2, 0.25) is 0 Å². The summed E-state index contributed by atoms with van der Waals surface area (Å²) in [6.45, 7) is 2.80. The molecule has 1 aromatic carbocycles. The van der Waals surface area contributed by atoms with Gasteiger partial charge >= 0.3 is 0 Å². The van der Waals surface area contributed by atoms with Gasteiger partial charge in [0.15, 0.2) is 0 Å². The predicted octanol–water partition coefficient (Wildman–Crippen LogP) is 2.75. The van der Waals surface area contributed by atoms with Gasteiger partial charge in [-0.2, -0.15) is 0 Å². The zero-order valence-electron chi connectivity index (χ0n) is 11.1. The summed E-state index contributed by atoms with van der Waals surface area (Å²) < 4.78 is 18.8. The predicted molar refractivity (Wildman–Crippen MR) is 70.5 cm³/mol. The van der Waals surface area contributed by atoms with Gasteiger partial charge in [-0.15, -0.1) is 0 Å². The molecule has 1 heterocycles. The van der Waals surface area contributed by atoms with E-state index in [1.807, 2.05) is 6.92 Å². The molecule has 1 aromatic rings. The number of halogens is 1. The quantitative estimate of drug-likeness (QED) is 0.879. The van der Waals surface area contributed by atoms with Crippen molar-refractivity contribution in [3.05, 3.63) is 29.6 Å². The molecule has 3 atom stereocenters. The van der Waals surface area contributed by atoms with Crippen molar-refractivity contribution in [3.63, 3.8) is 0 Å². The minimum absolute atomic E-state index is 0.00597. The minimum atomic E-state index is -0.409. The molecule has 3 rings (SSSR count). The number of benzene rings is 1. The highest BCUT2D eigenvalue weighted by Gasteiger charge is 2.40. The molecule has 19 heavy (non-hydrogen) atoms. The van der Waals surface area contributed by atoms with Crippen LogP contribution in [0, 0.1) is 11.7 Å². The molecule has 3 nitrogen and oxygen atoms in total. The molecule has 0 aromatic heterocycles. The molecule has 2 N–H and O–H groups in total. The Balaban J connectivity index is 1.68. The van der Waals surface area contributed by atoms with Gasteiger partial charge < -0.3 is 15.2 Å². The summed E-state index contributed by atoms with van der Waals surface area (Å²) in [5, 5.41) is 13.3. The molecule has 0 spiro atoms. The number of hydrogen-bond acceptors (Lipinski definition) is 3. The maximum Gasteiger partial charge on any atom is 0.126 e. The molecule has 1 saturated carbocycles. The Hall–Kier alpha value is -1.13. The van der Waals surface area contributed by atoms with Crippen molar-refractivity contribution in [1.29, 1.82) is 0 Å². The molecular weight excluding hydrogens is 245 g/mol. The Morgan fingerprint density at radius 1 is 1.37 bits per heavy atom. The van der Waals surface area contributed by atoms with E-state index in [0.717, 1.165) is 24.7 Å². The molecule has 0 amide bonds. The molecule has 4 heteroatoms. The van der Waals surface area contributed by atoms with Gasteiger partial charge in [0.25, 0.3) is 0 Å². The first kappa shape index (κ1) is 12.9. The lowest BCUT2D eigenvalue weighted by Crippen LogP contribution is -2.39. The highest BCUT2D eigenvalue weighted by atomic mass is 19.1. The fourth-order valence-corrected chi connectivity index (χ4v) is 2.97. The lowest BCUT2D eigenvalue weighted by atomic mass is 10.0. The van der Waals surface area contributed by atoms with E-state index in [1.54, 1.807) is 6.07 Å². The zero-order valence-corrected chi connectivity index (χ0v) is 11.1. The number of rotatable bonds is 4. The summed E-state index contributed by atoms with van der Waals surface area (Å²) in [5.41, 5.74) is 0.739. The van der Waals surface area contributed by atoms with Crippen molar-refractivity contribution >= 4 is 0 Å². The summed E-state index contributed by atoms with van der Waals surface area (Å²) in [5.74, 6) is 0.310. The summed E-state index contributed by atoms with van der Waals surface area (Å²) in [6.07, 6.45) is 3.84. The average molecular weight is 265 g/mol. The Labute approximate surface area is 112 Å². The van der Waals surface area contributed by atoms with E-state index < -0.39 is 5.82 Å². The van der Waals surface area contributed by atoms with Crippen molar-refractivity contribution in [1.82, 2.24) is 5.32 Å². The number of aromatic hydroxyl groups is 1. The summed E-state index contributed by atoms with van der Waals surface area (Å²) in [4.78, 5) is 0. The third-order valence-corrected chi connectivity index (χ3v) is 4.15. The van der Waals surface area contributed by atoms with Crippen molar-refractivity contribution in [2.75, 3.05) is 6.61 Å². The normalized spacial score (nSPS) is 28.5. The molecule has 0 bridgehead atoms. The van der Waals surface area contributed by atoms with E-state index >= 15 is 0 Å². The van der Waals surface area contributed by atoms with E-state index in [-0.39, 0.29) is 11.8 Å². The van der Waals surface area contributed by atoms with Crippen molar-refractivity contribution in [2.24, 2.45) is 5.92 Å². The molecular formula is C15H20FNO2. The van der Waals surface area contributed by atoms with Gasteiger partial charge in [0.05, 0.1) is 6.10 Å². The molecule has 2 fully saturated rings. The fraction of sp³-hybridized carbons (Fsp3) is 0.600. The topological polar surface area (TPSA) is 41.5 Å². The third kappa shape index (κ3) is 2.74. The second-order valence-corrected chi connectivity index (χ2v) is 5.66. The zero-order chi connectivity index (χ0) is 13.4. The van der Waals surface area contributed by atoms with Crippen LogP contribution >= 0.6 is 0 Å². The standard InChI is InChI=1S/C15H20FNO2/c1-9(12-5-4-11(16)8-14(12)18)17-13-6-7-19-15(13)10-2-3-10/h4-5,8-10,13,15,17-18H,2-3,6-7H2,1H3. The van der Waals surface area contributed by atoms with Crippen LogP contribution in [0.1, 0.15) is 37.8 Å². The maximum absolute atomic E-state index is 13.0. The van der Waals surface area contributed by atoms with E-state index in [9.17, 15) is 9.50 Å². The van der Waals surface area contributed by atoms with Crippen LogP contribution in [0.15, 0.2) is 18.2 Å². The second-order valence-electron chi connectivity index (χ2n) is 5.66. The summed E-state index contributed by atoms with van der Waals surface area (Å²) in [7, 11) is 0. The number of nitrogens with one attached hydrogen (secondary N) is 1. The Kier molecular flexibility index (Phi) is 3.46. The van der Waals surface area contributed by atoms with Crippen LogP contribution < -0.4 is 5.32 Å². The number of hydrogen-bond donors (Lipinski definition) is 2. The Morgan fingerprint density at radius 3 is 2.84 bits per heavy atom. The van der Waals surface area contributed by atoms with E-state index in [0.29, 0.717) is 18.1 Å². The first-order chi connectivity index (χ1) is 9.15. The van der Waals surface area contributed by atoms with Crippen molar-refractivity contribution in [2.45, 2.75) is 44.4 Å². The number of ether oxygens (including phenoxy) is 1. The molecule has 1 aliphatic carbocycles. The van der Waals surface area contributed by atoms with Crippen LogP contribution in [-0.2, 0) is 4.74 Å². The van der Waals surface area contributed by atoms with Crippen LogP contribution in [0.4, 0.5) is 4.39 Å². The van der Waals surface area contributed by atoms with E-state index in [4.69, 9.17) is 4.74 Å². The van der Waals surface area contributed by atoms with Gasteiger partial charge in [-0.3, -0.25) is 0 Å². The lowest BCUT2D eigenvalue weighted by molar-refractivity contribution is 0.0792. The second kappa shape index (κ2) is 5.10. The third-order valence-electron chi connectivity index (χ3n) is 4.15. The van der Waals surface area contributed by atoms with E-state index in [2.05, 4.69) is 5.32 Å². The maximum atomic E-state index is 13.0. The average Bonchev–Trinajstić information content (AvgIpc) is 3.10. The lowest BCUT2D eigenvalue weighted by Gasteiger charge is -2.24. The molecule has 0 radical (unpaired) electrons. The molecule has 1 saturated heterocycles. The summed E-state index contributed by atoms with van der Waals surface area (Å²) in [6, 6.07) is 4.53. The Morgan fingerprint density at radius 2 is 2.16 bits per heavy atom. The first-order valence-corrected chi connectivity index (χ1v) is 7.01. The van der Waals surface area contributed by atoms with Crippen molar-refractivity contribution < 1.29 is 14.2 Å². The largest absolute Gasteiger partial charge is 0.508 e. The highest BCUT2D eigenvalue weighted by Crippen LogP contribution is 2.39. The molecule has 3 unspecified atom stereocenters. The van der Waals surface area contributed by atoms with Gasteiger partial charge in [-0.1, -0.05) is 6.07 Å². The van der Waals surface area contributed by atoms with Crippen LogP contribution in [-0.4, -0.2) is 23.9 Å². The molecule has 1 aliphatic heterocycles. The van der Waals surface area contributed by atoms with Gasteiger partial charge in [0.2, 0.25) is 0 Å². The van der Waals surface area contributed by atoms with Gasteiger partial charge in [0.1, 0.15) is 11.6 Å². The van der Waals surface area contributed by atoms with Crippen molar-refractivity contribution in [3.8, 4) is 5.75 Å². The molecule has 2 aliphatic rings. The molecule has 104 valence electrons. The summed E-state index contributed by atoms with van der Waals surface area (Å²) >= 11 is 0. The van der Waals surface area contributed by atoms with Crippen LogP contribution in [0.5, 0.6) is 5.75 Å². The smallest absolute Gasteiger partial charge is 0.126 e. The Bertz CT molecular complexity index is 461. The monoisotopic (exact) mass is 265 g/mol. The van der Waals surface area contributed by atoms with Crippen LogP contribution in [0.25, 0.3) is 0 Å². The number of phenols is 1. The van der Waals surface area contributed by atoms with Gasteiger partial charge in [0, 0.05) is 30.3 Å². The number of phenolic OH excluding ortho intramolecular Hbond substituents is 1. The SMILES string of the molecule is CC(NC1CCOC1C1CC1)c1ccc(F)cc1O. The fourth-order valence-electron chi connectivity index (χ4n) is 2.97. The van der Waals surface area contributed by atoms with Gasteiger partial charge in [-0.05, 0) is 38.2 Å². The van der Waals surface area contributed by atoms with E-state index in [1.165, 1.54) is 18.9 Å². The minimum Gasteiger partial charge on any atom is -0.508 e. The van der Waals surface area contributed by atoms with Crippen LogP contribution in [0.3, 0.4) is 0 Å². The van der Waals surface area contributed by atoms with Gasteiger partial charge in [-0.25, -0.2) is 4.39 Å². The first-order valence-electron chi connectivity index (χ1n) is 7.01.